The minimum atomic E-state index is 0.535. The van der Waals surface area contributed by atoms with Gasteiger partial charge in [0.25, 0.3) is 0 Å². The average Bonchev–Trinajstić information content (AvgIpc) is 2.83. The van der Waals surface area contributed by atoms with Crippen LogP contribution in [0.1, 0.15) is 24.5 Å². The Balaban J connectivity index is 1.89. The molecule has 102 valence electrons. The van der Waals surface area contributed by atoms with E-state index in [1.165, 1.54) is 11.1 Å². The molecule has 1 heterocycles. The third-order valence-electron chi connectivity index (χ3n) is 3.36. The molecular weight excluding hydrogens is 234 g/mol. The van der Waals surface area contributed by atoms with E-state index >= 15 is 0 Å². The van der Waals surface area contributed by atoms with E-state index < -0.39 is 0 Å². The van der Waals surface area contributed by atoms with Crippen molar-refractivity contribution in [2.75, 3.05) is 6.54 Å². The average molecular weight is 257 g/mol. The van der Waals surface area contributed by atoms with Crippen molar-refractivity contribution in [3.05, 3.63) is 53.9 Å². The minimum absolute atomic E-state index is 0.535. The molecule has 0 aliphatic carbocycles. The van der Waals surface area contributed by atoms with E-state index in [9.17, 15) is 0 Å². The van der Waals surface area contributed by atoms with E-state index in [1.54, 1.807) is 0 Å². The van der Waals surface area contributed by atoms with Crippen LogP contribution in [-0.2, 0) is 19.9 Å². The third kappa shape index (κ3) is 4.52. The van der Waals surface area contributed by atoms with Crippen molar-refractivity contribution in [1.29, 1.82) is 0 Å². The zero-order chi connectivity index (χ0) is 13.5. The molecule has 1 unspecified atom stereocenters. The van der Waals surface area contributed by atoms with Crippen LogP contribution in [0.25, 0.3) is 0 Å². The number of hydrogen-bond acceptors (Lipinski definition) is 2. The van der Waals surface area contributed by atoms with Gasteiger partial charge in [0.1, 0.15) is 0 Å². The normalized spacial score (nSPS) is 12.5. The van der Waals surface area contributed by atoms with E-state index in [1.807, 2.05) is 17.9 Å². The number of likely N-dealkylation sites (N-methyl/N-ethyl adjacent to an activating group) is 1. The third-order valence-corrected chi connectivity index (χ3v) is 3.36. The molecule has 19 heavy (non-hydrogen) atoms. The lowest BCUT2D eigenvalue weighted by molar-refractivity contribution is 0.491. The summed E-state index contributed by atoms with van der Waals surface area (Å²) in [4.78, 5) is 0. The molecule has 0 fully saturated rings. The standard InChI is InChI=1S/C16H23N3/c1-3-17-16(11-14-7-5-4-6-8-14)10-9-15-12-18-19(2)13-15/h4-8,12-13,16-17H,3,9-11H2,1-2H3. The fourth-order valence-corrected chi connectivity index (χ4v) is 2.41. The molecular formula is C16H23N3. The first-order valence-corrected chi connectivity index (χ1v) is 7.02. The number of benzene rings is 1. The molecule has 2 rings (SSSR count). The van der Waals surface area contributed by atoms with Gasteiger partial charge in [-0.1, -0.05) is 37.3 Å². The molecule has 1 aromatic heterocycles. The smallest absolute Gasteiger partial charge is 0.0521 e. The minimum Gasteiger partial charge on any atom is -0.314 e. The Morgan fingerprint density at radius 1 is 1.21 bits per heavy atom. The first-order chi connectivity index (χ1) is 9.28. The number of nitrogens with zero attached hydrogens (tertiary/aromatic N) is 2. The molecule has 1 N–H and O–H groups in total. The molecule has 0 saturated carbocycles. The Kier molecular flexibility index (Phi) is 5.16. The Labute approximate surface area is 115 Å². The van der Waals surface area contributed by atoms with Crippen LogP contribution >= 0.6 is 0 Å². The van der Waals surface area contributed by atoms with Crippen molar-refractivity contribution < 1.29 is 0 Å². The van der Waals surface area contributed by atoms with Gasteiger partial charge in [-0.15, -0.1) is 0 Å². The van der Waals surface area contributed by atoms with Crippen molar-refractivity contribution in [1.82, 2.24) is 15.1 Å². The molecule has 0 amide bonds. The lowest BCUT2D eigenvalue weighted by atomic mass is 10.00. The summed E-state index contributed by atoms with van der Waals surface area (Å²) in [5.41, 5.74) is 2.72. The predicted molar refractivity (Wildman–Crippen MR) is 79.1 cm³/mol. The maximum absolute atomic E-state index is 4.22. The summed E-state index contributed by atoms with van der Waals surface area (Å²) in [6.07, 6.45) is 7.39. The van der Waals surface area contributed by atoms with E-state index in [0.717, 1.165) is 25.8 Å². The molecule has 0 aliphatic heterocycles. The molecule has 0 saturated heterocycles. The van der Waals surface area contributed by atoms with Crippen molar-refractivity contribution >= 4 is 0 Å². The number of rotatable bonds is 7. The highest BCUT2D eigenvalue weighted by Gasteiger charge is 2.09. The molecule has 0 aliphatic rings. The quantitative estimate of drug-likeness (QED) is 0.826. The second-order valence-electron chi connectivity index (χ2n) is 5.01. The van der Waals surface area contributed by atoms with Crippen molar-refractivity contribution in [2.24, 2.45) is 7.05 Å². The summed E-state index contributed by atoms with van der Waals surface area (Å²) in [7, 11) is 1.97. The fraction of sp³-hybridized carbons (Fsp3) is 0.438. The lowest BCUT2D eigenvalue weighted by Gasteiger charge is -2.17. The van der Waals surface area contributed by atoms with Gasteiger partial charge >= 0.3 is 0 Å². The summed E-state index contributed by atoms with van der Waals surface area (Å²) in [6.45, 7) is 3.19. The van der Waals surface area contributed by atoms with Crippen LogP contribution in [0.15, 0.2) is 42.7 Å². The van der Waals surface area contributed by atoms with Gasteiger partial charge in [0, 0.05) is 19.3 Å². The molecule has 3 heteroatoms. The van der Waals surface area contributed by atoms with Gasteiger partial charge in [0.15, 0.2) is 0 Å². The summed E-state index contributed by atoms with van der Waals surface area (Å²) < 4.78 is 1.87. The summed E-state index contributed by atoms with van der Waals surface area (Å²) >= 11 is 0. The Hall–Kier alpha value is -1.61. The number of hydrogen-bond donors (Lipinski definition) is 1. The second kappa shape index (κ2) is 7.10. The van der Waals surface area contributed by atoms with Crippen molar-refractivity contribution in [3.8, 4) is 0 Å². The fourth-order valence-electron chi connectivity index (χ4n) is 2.41. The molecule has 0 radical (unpaired) electrons. The second-order valence-corrected chi connectivity index (χ2v) is 5.01. The first kappa shape index (κ1) is 13.8. The summed E-state index contributed by atoms with van der Waals surface area (Å²) in [5, 5.41) is 7.80. The van der Waals surface area contributed by atoms with Gasteiger partial charge in [0.05, 0.1) is 6.20 Å². The Bertz CT molecular complexity index is 476. The van der Waals surface area contributed by atoms with Crippen molar-refractivity contribution in [2.45, 2.75) is 32.2 Å². The zero-order valence-electron chi connectivity index (χ0n) is 11.8. The molecule has 2 aromatic rings. The van der Waals surface area contributed by atoms with Gasteiger partial charge in [-0.25, -0.2) is 0 Å². The highest BCUT2D eigenvalue weighted by molar-refractivity contribution is 5.16. The molecule has 1 aromatic carbocycles. The number of nitrogens with one attached hydrogen (secondary N) is 1. The van der Waals surface area contributed by atoms with Crippen LogP contribution in [0.4, 0.5) is 0 Å². The van der Waals surface area contributed by atoms with Gasteiger partial charge in [0.2, 0.25) is 0 Å². The van der Waals surface area contributed by atoms with E-state index in [2.05, 4.69) is 53.9 Å². The maximum atomic E-state index is 4.22. The first-order valence-electron chi connectivity index (χ1n) is 7.02. The summed E-state index contributed by atoms with van der Waals surface area (Å²) in [5.74, 6) is 0. The predicted octanol–water partition coefficient (Wildman–Crippen LogP) is 2.57. The van der Waals surface area contributed by atoms with Crippen LogP contribution in [0.2, 0.25) is 0 Å². The molecule has 0 bridgehead atoms. The van der Waals surface area contributed by atoms with Crippen LogP contribution < -0.4 is 5.32 Å². The van der Waals surface area contributed by atoms with Gasteiger partial charge in [-0.05, 0) is 36.9 Å². The van der Waals surface area contributed by atoms with E-state index in [4.69, 9.17) is 0 Å². The Morgan fingerprint density at radius 2 is 2.00 bits per heavy atom. The largest absolute Gasteiger partial charge is 0.314 e. The number of aromatic nitrogens is 2. The van der Waals surface area contributed by atoms with Crippen LogP contribution in [0.3, 0.4) is 0 Å². The van der Waals surface area contributed by atoms with E-state index in [0.29, 0.717) is 6.04 Å². The monoisotopic (exact) mass is 257 g/mol. The van der Waals surface area contributed by atoms with Gasteiger partial charge < -0.3 is 5.32 Å². The molecule has 1 atom stereocenters. The van der Waals surface area contributed by atoms with Crippen LogP contribution in [0, 0.1) is 0 Å². The summed E-state index contributed by atoms with van der Waals surface area (Å²) in [6, 6.07) is 11.2. The van der Waals surface area contributed by atoms with Crippen molar-refractivity contribution in [3.63, 3.8) is 0 Å². The highest BCUT2D eigenvalue weighted by atomic mass is 15.2. The van der Waals surface area contributed by atoms with Crippen LogP contribution in [-0.4, -0.2) is 22.4 Å². The van der Waals surface area contributed by atoms with Gasteiger partial charge in [-0.2, -0.15) is 5.10 Å². The SMILES string of the molecule is CCNC(CCc1cnn(C)c1)Cc1ccccc1. The van der Waals surface area contributed by atoms with E-state index in [-0.39, 0.29) is 0 Å². The van der Waals surface area contributed by atoms with Crippen LogP contribution in [0.5, 0.6) is 0 Å². The number of aryl methyl sites for hydroxylation is 2. The maximum Gasteiger partial charge on any atom is 0.0521 e. The lowest BCUT2D eigenvalue weighted by Crippen LogP contribution is -2.31. The molecule has 3 nitrogen and oxygen atoms in total. The highest BCUT2D eigenvalue weighted by Crippen LogP contribution is 2.09. The topological polar surface area (TPSA) is 29.9 Å². The molecule has 0 spiro atoms. The Morgan fingerprint density at radius 3 is 2.63 bits per heavy atom. The zero-order valence-corrected chi connectivity index (χ0v) is 11.8. The van der Waals surface area contributed by atoms with Gasteiger partial charge in [-0.3, -0.25) is 4.68 Å².